The van der Waals surface area contributed by atoms with Crippen molar-refractivity contribution in [1.29, 1.82) is 0 Å². The minimum absolute atomic E-state index is 0.575. The first-order valence-corrected chi connectivity index (χ1v) is 13.9. The van der Waals surface area contributed by atoms with E-state index >= 15 is 0 Å². The Bertz CT molecular complexity index is 1140. The zero-order valence-electron chi connectivity index (χ0n) is 24.1. The van der Waals surface area contributed by atoms with E-state index in [1.807, 2.05) is 38.1 Å². The van der Waals surface area contributed by atoms with Crippen molar-refractivity contribution in [2.24, 2.45) is 0 Å². The lowest BCUT2D eigenvalue weighted by Gasteiger charge is -2.08. The summed E-state index contributed by atoms with van der Waals surface area (Å²) in [7, 11) is 0. The maximum atomic E-state index is 5.81. The SMILES string of the molecule is C/C=C\CC.C=C(CCC)c1ccn(C/C=C/C)c1/C=C\COCCCCOc1ccc(-c2nn[nH]n2)cc1. The van der Waals surface area contributed by atoms with Crippen LogP contribution in [0.1, 0.15) is 71.1 Å². The Morgan fingerprint density at radius 2 is 1.77 bits per heavy atom. The van der Waals surface area contributed by atoms with Gasteiger partial charge in [0.05, 0.1) is 13.2 Å². The van der Waals surface area contributed by atoms with Crippen LogP contribution in [-0.4, -0.2) is 45.0 Å². The van der Waals surface area contributed by atoms with Crippen molar-refractivity contribution in [2.75, 3.05) is 19.8 Å². The highest BCUT2D eigenvalue weighted by molar-refractivity contribution is 5.72. The van der Waals surface area contributed by atoms with Gasteiger partial charge in [-0.2, -0.15) is 5.21 Å². The predicted octanol–water partition coefficient (Wildman–Crippen LogP) is 7.92. The lowest BCUT2D eigenvalue weighted by atomic mass is 10.0. The van der Waals surface area contributed by atoms with E-state index < -0.39 is 0 Å². The highest BCUT2D eigenvalue weighted by Crippen LogP contribution is 2.24. The van der Waals surface area contributed by atoms with Crippen LogP contribution in [0.25, 0.3) is 23.0 Å². The van der Waals surface area contributed by atoms with Crippen molar-refractivity contribution in [3.05, 3.63) is 84.7 Å². The standard InChI is InChI=1S/C27H35N5O2.C5H10/c1-4-6-17-32-18-16-25(22(3)10-5-2)26(32)11-9-20-33-19-7-8-21-34-24-14-12-23(13-15-24)27-28-30-31-29-27;1-3-5-4-2/h4,6,9,11-16,18H,3,5,7-8,10,17,19-21H2,1-2H3,(H,28,29,30,31);3,5H,4H2,1-2H3/b6-4+,11-9-;5-3-. The fraction of sp³-hybridized carbons (Fsp3) is 0.406. The van der Waals surface area contributed by atoms with Crippen molar-refractivity contribution >= 4 is 11.6 Å². The van der Waals surface area contributed by atoms with E-state index in [4.69, 9.17) is 9.47 Å². The van der Waals surface area contributed by atoms with Crippen LogP contribution in [0.5, 0.6) is 5.75 Å². The zero-order chi connectivity index (χ0) is 28.1. The number of allylic oxidation sites excluding steroid dienone is 5. The van der Waals surface area contributed by atoms with Gasteiger partial charge in [0.1, 0.15) is 5.75 Å². The van der Waals surface area contributed by atoms with Crippen molar-refractivity contribution in [3.8, 4) is 17.1 Å². The summed E-state index contributed by atoms with van der Waals surface area (Å²) in [4.78, 5) is 0. The molecule has 1 N–H and O–H groups in total. The van der Waals surface area contributed by atoms with E-state index in [2.05, 4.69) is 94.3 Å². The minimum Gasteiger partial charge on any atom is -0.494 e. The molecule has 0 saturated heterocycles. The largest absolute Gasteiger partial charge is 0.494 e. The summed E-state index contributed by atoms with van der Waals surface area (Å²) in [5.74, 6) is 1.41. The molecule has 2 aromatic heterocycles. The normalized spacial score (nSPS) is 11.4. The zero-order valence-corrected chi connectivity index (χ0v) is 24.1. The molecule has 0 unspecified atom stereocenters. The van der Waals surface area contributed by atoms with E-state index in [-0.39, 0.29) is 0 Å². The molecule has 0 radical (unpaired) electrons. The molecule has 0 amide bonds. The van der Waals surface area contributed by atoms with Gasteiger partial charge in [0.25, 0.3) is 0 Å². The molecule has 0 atom stereocenters. The Balaban J connectivity index is 0.000000976. The van der Waals surface area contributed by atoms with Gasteiger partial charge in [-0.1, -0.05) is 57.2 Å². The average Bonchev–Trinajstić information content (AvgIpc) is 3.63. The molecular weight excluding hydrogens is 486 g/mol. The van der Waals surface area contributed by atoms with Gasteiger partial charge in [0.15, 0.2) is 0 Å². The maximum absolute atomic E-state index is 5.81. The molecule has 3 rings (SSSR count). The Morgan fingerprint density at radius 3 is 2.41 bits per heavy atom. The summed E-state index contributed by atoms with van der Waals surface area (Å²) in [6, 6.07) is 9.85. The summed E-state index contributed by atoms with van der Waals surface area (Å²) < 4.78 is 13.9. The minimum atomic E-state index is 0.575. The number of benzene rings is 1. The Hall–Kier alpha value is -3.71. The van der Waals surface area contributed by atoms with Gasteiger partial charge in [0.2, 0.25) is 5.82 Å². The molecule has 7 heteroatoms. The predicted molar refractivity (Wildman–Crippen MR) is 162 cm³/mol. The van der Waals surface area contributed by atoms with Crippen LogP contribution in [0.2, 0.25) is 0 Å². The molecule has 1 aromatic carbocycles. The number of hydrogen-bond acceptors (Lipinski definition) is 5. The first-order valence-electron chi connectivity index (χ1n) is 13.9. The lowest BCUT2D eigenvalue weighted by molar-refractivity contribution is 0.152. The summed E-state index contributed by atoms with van der Waals surface area (Å²) in [6.07, 6.45) is 19.9. The van der Waals surface area contributed by atoms with E-state index in [0.717, 1.165) is 50.0 Å². The lowest BCUT2D eigenvalue weighted by Crippen LogP contribution is -2.01. The van der Waals surface area contributed by atoms with Crippen LogP contribution >= 0.6 is 0 Å². The number of H-pyrrole nitrogens is 1. The third-order valence-electron chi connectivity index (χ3n) is 5.85. The number of nitrogens with one attached hydrogen (secondary N) is 1. The summed E-state index contributed by atoms with van der Waals surface area (Å²) >= 11 is 0. The van der Waals surface area contributed by atoms with Gasteiger partial charge in [-0.15, -0.1) is 10.2 Å². The van der Waals surface area contributed by atoms with Gasteiger partial charge in [-0.3, -0.25) is 0 Å². The van der Waals surface area contributed by atoms with Crippen LogP contribution in [0, 0.1) is 0 Å². The van der Waals surface area contributed by atoms with Crippen LogP contribution < -0.4 is 4.74 Å². The van der Waals surface area contributed by atoms with Crippen molar-refractivity contribution in [2.45, 2.75) is 66.3 Å². The van der Waals surface area contributed by atoms with E-state index in [1.54, 1.807) is 0 Å². The fourth-order valence-electron chi connectivity index (χ4n) is 3.81. The summed E-state index contributed by atoms with van der Waals surface area (Å²) in [5.41, 5.74) is 4.51. The smallest absolute Gasteiger partial charge is 0.204 e. The van der Waals surface area contributed by atoms with Crippen molar-refractivity contribution in [1.82, 2.24) is 25.2 Å². The van der Waals surface area contributed by atoms with Gasteiger partial charge < -0.3 is 14.0 Å². The van der Waals surface area contributed by atoms with E-state index in [9.17, 15) is 0 Å². The highest BCUT2D eigenvalue weighted by Gasteiger charge is 2.08. The molecule has 210 valence electrons. The van der Waals surface area contributed by atoms with Crippen LogP contribution in [0.4, 0.5) is 0 Å². The molecule has 0 aliphatic heterocycles. The molecule has 0 spiro atoms. The van der Waals surface area contributed by atoms with Gasteiger partial charge in [0, 0.05) is 36.2 Å². The van der Waals surface area contributed by atoms with Gasteiger partial charge in [-0.05, 0) is 86.7 Å². The molecule has 0 saturated carbocycles. The fourth-order valence-corrected chi connectivity index (χ4v) is 3.81. The number of tetrazole rings is 1. The third-order valence-corrected chi connectivity index (χ3v) is 5.85. The van der Waals surface area contributed by atoms with Crippen LogP contribution in [0.15, 0.2) is 73.5 Å². The molecule has 3 aromatic rings. The number of aromatic nitrogens is 5. The van der Waals surface area contributed by atoms with Gasteiger partial charge in [-0.25, -0.2) is 0 Å². The van der Waals surface area contributed by atoms with Crippen LogP contribution in [0.3, 0.4) is 0 Å². The van der Waals surface area contributed by atoms with E-state index in [1.165, 1.54) is 16.8 Å². The van der Waals surface area contributed by atoms with Crippen molar-refractivity contribution in [3.63, 3.8) is 0 Å². The second-order valence-electron chi connectivity index (χ2n) is 8.96. The maximum Gasteiger partial charge on any atom is 0.204 e. The molecule has 2 heterocycles. The average molecular weight is 532 g/mol. The molecule has 0 bridgehead atoms. The Morgan fingerprint density at radius 1 is 1.00 bits per heavy atom. The molecule has 0 fully saturated rings. The number of nitrogens with zero attached hydrogens (tertiary/aromatic N) is 4. The topological polar surface area (TPSA) is 77.9 Å². The first-order chi connectivity index (χ1) is 19.1. The number of rotatable bonds is 16. The van der Waals surface area contributed by atoms with Crippen molar-refractivity contribution < 1.29 is 9.47 Å². The molecule has 0 aliphatic rings. The molecular formula is C32H45N5O2. The summed E-state index contributed by atoms with van der Waals surface area (Å²) in [6.45, 7) is 15.5. The monoisotopic (exact) mass is 531 g/mol. The second-order valence-corrected chi connectivity index (χ2v) is 8.96. The molecule has 39 heavy (non-hydrogen) atoms. The molecule has 7 nitrogen and oxygen atoms in total. The Labute approximate surface area is 234 Å². The van der Waals surface area contributed by atoms with Crippen LogP contribution in [-0.2, 0) is 11.3 Å². The second kappa shape index (κ2) is 19.4. The summed E-state index contributed by atoms with van der Waals surface area (Å²) in [5, 5.41) is 14.0. The quantitative estimate of drug-likeness (QED) is 0.150. The molecule has 0 aliphatic carbocycles. The highest BCUT2D eigenvalue weighted by atomic mass is 16.5. The van der Waals surface area contributed by atoms with E-state index in [0.29, 0.717) is 25.6 Å². The number of aromatic amines is 1. The number of unbranched alkanes of at least 4 members (excludes halogenated alkanes) is 1. The Kier molecular flexibility index (Phi) is 15.7. The third kappa shape index (κ3) is 11.7. The number of hydrogen-bond donors (Lipinski definition) is 1. The number of ether oxygens (including phenoxy) is 2. The van der Waals surface area contributed by atoms with Gasteiger partial charge >= 0.3 is 0 Å². The first kappa shape index (κ1) is 31.5.